The van der Waals surface area contributed by atoms with Crippen molar-refractivity contribution in [2.45, 2.75) is 6.54 Å². The molecule has 0 aliphatic heterocycles. The Morgan fingerprint density at radius 1 is 0.696 bits per heavy atom. The van der Waals surface area contributed by atoms with Gasteiger partial charge in [-0.25, -0.2) is 0 Å². The molecule has 0 amide bonds. The fourth-order valence-corrected chi connectivity index (χ4v) is 3.98. The van der Waals surface area contributed by atoms with E-state index < -0.39 is 0 Å². The number of benzene rings is 3. The molecular weight excluding hydrogens is 298 g/mol. The Morgan fingerprint density at radius 2 is 1.35 bits per heavy atom. The fourth-order valence-electron chi connectivity index (χ4n) is 2.80. The Labute approximate surface area is 140 Å². The minimum absolute atomic E-state index is 0.835. The van der Waals surface area contributed by atoms with Crippen LogP contribution in [0, 0.1) is 0 Å². The highest BCUT2D eigenvalue weighted by atomic mass is 32.1. The molecule has 23 heavy (non-hydrogen) atoms. The van der Waals surface area contributed by atoms with Crippen LogP contribution in [0.5, 0.6) is 0 Å². The van der Waals surface area contributed by atoms with Crippen LogP contribution in [0.3, 0.4) is 0 Å². The summed E-state index contributed by atoms with van der Waals surface area (Å²) >= 11 is 1.85. The first kappa shape index (κ1) is 14.0. The Balaban J connectivity index is 1.77. The topological polar surface area (TPSA) is 12.0 Å². The van der Waals surface area contributed by atoms with Gasteiger partial charge in [0.2, 0.25) is 0 Å². The van der Waals surface area contributed by atoms with Gasteiger partial charge in [-0.15, -0.1) is 11.3 Å². The van der Waals surface area contributed by atoms with Crippen LogP contribution in [0.2, 0.25) is 0 Å². The molecule has 1 aromatic heterocycles. The van der Waals surface area contributed by atoms with Crippen molar-refractivity contribution in [1.29, 1.82) is 0 Å². The molecule has 0 saturated carbocycles. The number of thiophene rings is 1. The number of rotatable bonds is 4. The lowest BCUT2D eigenvalue weighted by Crippen LogP contribution is -1.99. The molecule has 0 spiro atoms. The maximum Gasteiger partial charge on any atom is 0.0612 e. The molecule has 3 aromatic carbocycles. The number of hydrogen-bond donors (Lipinski definition) is 1. The first-order chi connectivity index (χ1) is 11.4. The third-order valence-corrected chi connectivity index (χ3v) is 5.16. The smallest absolute Gasteiger partial charge is 0.0612 e. The second-order valence-electron chi connectivity index (χ2n) is 5.51. The summed E-state index contributed by atoms with van der Waals surface area (Å²) in [4.78, 5) is 1.31. The summed E-state index contributed by atoms with van der Waals surface area (Å²) in [5.41, 5.74) is 3.80. The zero-order valence-electron chi connectivity index (χ0n) is 12.7. The van der Waals surface area contributed by atoms with E-state index >= 15 is 0 Å². The van der Waals surface area contributed by atoms with Gasteiger partial charge >= 0.3 is 0 Å². The zero-order valence-corrected chi connectivity index (χ0v) is 13.5. The Kier molecular flexibility index (Phi) is 3.83. The summed E-state index contributed by atoms with van der Waals surface area (Å²) in [7, 11) is 0. The normalized spacial score (nSPS) is 10.8. The van der Waals surface area contributed by atoms with E-state index in [1.165, 1.54) is 31.8 Å². The molecule has 112 valence electrons. The molecule has 1 heterocycles. The largest absolute Gasteiger partial charge is 0.379 e. The molecule has 1 nitrogen and oxygen atoms in total. The van der Waals surface area contributed by atoms with Crippen molar-refractivity contribution in [3.63, 3.8) is 0 Å². The minimum atomic E-state index is 0.835. The summed E-state index contributed by atoms with van der Waals surface area (Å²) in [5, 5.41) is 4.96. The van der Waals surface area contributed by atoms with Crippen LogP contribution < -0.4 is 5.32 Å². The van der Waals surface area contributed by atoms with Gasteiger partial charge < -0.3 is 5.32 Å². The fraction of sp³-hybridized carbons (Fsp3) is 0.0476. The van der Waals surface area contributed by atoms with E-state index in [1.807, 2.05) is 11.3 Å². The van der Waals surface area contributed by atoms with Crippen molar-refractivity contribution in [1.82, 2.24) is 0 Å². The number of fused-ring (bicyclic) bond motifs is 1. The first-order valence-electron chi connectivity index (χ1n) is 7.76. The maximum absolute atomic E-state index is 3.66. The van der Waals surface area contributed by atoms with Crippen molar-refractivity contribution in [3.8, 4) is 10.4 Å². The van der Waals surface area contributed by atoms with Crippen molar-refractivity contribution in [2.24, 2.45) is 0 Å². The summed E-state index contributed by atoms with van der Waals surface area (Å²) < 4.78 is 1.32. The molecule has 0 radical (unpaired) electrons. The van der Waals surface area contributed by atoms with Gasteiger partial charge in [0.25, 0.3) is 0 Å². The van der Waals surface area contributed by atoms with Crippen LogP contribution in [-0.2, 0) is 6.54 Å². The maximum atomic E-state index is 3.66. The van der Waals surface area contributed by atoms with Crippen LogP contribution >= 0.6 is 11.3 Å². The van der Waals surface area contributed by atoms with Gasteiger partial charge in [0.05, 0.1) is 10.6 Å². The molecular formula is C21H17NS. The lowest BCUT2D eigenvalue weighted by Gasteiger charge is -2.09. The second-order valence-corrected chi connectivity index (χ2v) is 6.56. The SMILES string of the molecule is c1ccc(CNc2c(-c3ccccc3)sc3ccccc23)cc1. The molecule has 0 aliphatic rings. The average Bonchev–Trinajstić information content (AvgIpc) is 3.00. The molecule has 0 atom stereocenters. The van der Waals surface area contributed by atoms with Crippen molar-refractivity contribution in [3.05, 3.63) is 90.5 Å². The molecule has 4 rings (SSSR count). The minimum Gasteiger partial charge on any atom is -0.379 e. The van der Waals surface area contributed by atoms with Gasteiger partial charge in [-0.05, 0) is 17.2 Å². The summed E-state index contributed by atoms with van der Waals surface area (Å²) in [5.74, 6) is 0. The van der Waals surface area contributed by atoms with E-state index in [1.54, 1.807) is 0 Å². The Hall–Kier alpha value is -2.58. The molecule has 1 N–H and O–H groups in total. The second kappa shape index (κ2) is 6.27. The highest BCUT2D eigenvalue weighted by Crippen LogP contribution is 2.42. The van der Waals surface area contributed by atoms with E-state index in [2.05, 4.69) is 90.2 Å². The van der Waals surface area contributed by atoms with Crippen LogP contribution in [0.1, 0.15) is 5.56 Å². The highest BCUT2D eigenvalue weighted by molar-refractivity contribution is 7.23. The van der Waals surface area contributed by atoms with Crippen LogP contribution in [0.4, 0.5) is 5.69 Å². The van der Waals surface area contributed by atoms with Crippen molar-refractivity contribution in [2.75, 3.05) is 5.32 Å². The summed E-state index contributed by atoms with van der Waals surface area (Å²) in [6, 6.07) is 29.8. The Morgan fingerprint density at radius 3 is 2.13 bits per heavy atom. The van der Waals surface area contributed by atoms with E-state index in [-0.39, 0.29) is 0 Å². The molecule has 0 unspecified atom stereocenters. The lowest BCUT2D eigenvalue weighted by atomic mass is 10.1. The standard InChI is InChI=1S/C21H17NS/c1-3-9-16(10-4-1)15-22-20-18-13-7-8-14-19(18)23-21(20)17-11-5-2-6-12-17/h1-14,22H,15H2. The van der Waals surface area contributed by atoms with Crippen LogP contribution in [0.25, 0.3) is 20.5 Å². The van der Waals surface area contributed by atoms with Gasteiger partial charge in [0.1, 0.15) is 0 Å². The first-order valence-corrected chi connectivity index (χ1v) is 8.58. The molecule has 2 heteroatoms. The molecule has 4 aromatic rings. The van der Waals surface area contributed by atoms with Crippen molar-refractivity contribution < 1.29 is 0 Å². The van der Waals surface area contributed by atoms with Gasteiger partial charge in [-0.2, -0.15) is 0 Å². The zero-order chi connectivity index (χ0) is 15.5. The number of hydrogen-bond acceptors (Lipinski definition) is 2. The van der Waals surface area contributed by atoms with E-state index in [0.29, 0.717) is 0 Å². The monoisotopic (exact) mass is 315 g/mol. The predicted molar refractivity (Wildman–Crippen MR) is 101 cm³/mol. The van der Waals surface area contributed by atoms with Gasteiger partial charge in [-0.1, -0.05) is 78.9 Å². The van der Waals surface area contributed by atoms with Crippen LogP contribution in [-0.4, -0.2) is 0 Å². The van der Waals surface area contributed by atoms with Crippen LogP contribution in [0.15, 0.2) is 84.9 Å². The molecule has 0 saturated heterocycles. The van der Waals surface area contributed by atoms with E-state index in [4.69, 9.17) is 0 Å². The molecule has 0 aliphatic carbocycles. The number of anilines is 1. The quantitative estimate of drug-likeness (QED) is 0.474. The summed E-state index contributed by atoms with van der Waals surface area (Å²) in [6.07, 6.45) is 0. The molecule has 0 fully saturated rings. The molecule has 0 bridgehead atoms. The highest BCUT2D eigenvalue weighted by Gasteiger charge is 2.13. The van der Waals surface area contributed by atoms with Gasteiger partial charge in [0.15, 0.2) is 0 Å². The van der Waals surface area contributed by atoms with Crippen molar-refractivity contribution >= 4 is 27.1 Å². The third kappa shape index (κ3) is 2.86. The predicted octanol–water partition coefficient (Wildman–Crippen LogP) is 6.18. The average molecular weight is 315 g/mol. The Bertz CT molecular complexity index is 910. The van der Waals surface area contributed by atoms with E-state index in [0.717, 1.165) is 6.54 Å². The van der Waals surface area contributed by atoms with E-state index in [9.17, 15) is 0 Å². The summed E-state index contributed by atoms with van der Waals surface area (Å²) in [6.45, 7) is 0.835. The number of nitrogens with one attached hydrogen (secondary N) is 1. The van der Waals surface area contributed by atoms with Gasteiger partial charge in [0, 0.05) is 16.6 Å². The lowest BCUT2D eigenvalue weighted by molar-refractivity contribution is 1.16. The van der Waals surface area contributed by atoms with Gasteiger partial charge in [-0.3, -0.25) is 0 Å². The third-order valence-electron chi connectivity index (χ3n) is 3.94.